The summed E-state index contributed by atoms with van der Waals surface area (Å²) >= 11 is 1.57. The minimum atomic E-state index is -0.630. The second-order valence-corrected chi connectivity index (χ2v) is 8.73. The number of likely N-dealkylation sites (tertiary alicyclic amines) is 1. The maximum absolute atomic E-state index is 13.8. The molecule has 3 heterocycles. The second-order valence-electron chi connectivity index (χ2n) is 7.78. The molecule has 3 aromatic rings. The molecule has 1 aliphatic rings. The number of halogens is 2. The summed E-state index contributed by atoms with van der Waals surface area (Å²) < 4.78 is 34.4. The Morgan fingerprint density at radius 2 is 2.03 bits per heavy atom. The number of ether oxygens (including phenoxy) is 1. The van der Waals surface area contributed by atoms with Crippen molar-refractivity contribution < 1.29 is 18.3 Å². The molecular weight excluding hydrogens is 436 g/mol. The monoisotopic (exact) mass is 461 g/mol. The minimum Gasteiger partial charge on any atom is -0.383 e. The van der Waals surface area contributed by atoms with Crippen LogP contribution < -0.4 is 10.6 Å². The molecule has 0 saturated carbocycles. The fourth-order valence-corrected chi connectivity index (χ4v) is 4.69. The number of nitrogens with one attached hydrogen (secondary N) is 2. The van der Waals surface area contributed by atoms with Crippen molar-refractivity contribution in [3.05, 3.63) is 59.0 Å². The Morgan fingerprint density at radius 1 is 1.25 bits per heavy atom. The summed E-state index contributed by atoms with van der Waals surface area (Å²) in [7, 11) is 3.38. The Balaban J connectivity index is 1.48. The van der Waals surface area contributed by atoms with Gasteiger partial charge in [0.25, 0.3) is 0 Å². The van der Waals surface area contributed by atoms with Crippen molar-refractivity contribution in [3.63, 3.8) is 0 Å². The lowest BCUT2D eigenvalue weighted by molar-refractivity contribution is 0.159. The van der Waals surface area contributed by atoms with Crippen LogP contribution in [0.3, 0.4) is 0 Å². The molecule has 0 spiro atoms. The predicted molar refractivity (Wildman–Crippen MR) is 120 cm³/mol. The van der Waals surface area contributed by atoms with Crippen LogP contribution in [0.15, 0.2) is 41.8 Å². The summed E-state index contributed by atoms with van der Waals surface area (Å²) in [5, 5.41) is 12.2. The molecule has 0 radical (unpaired) electrons. The van der Waals surface area contributed by atoms with Crippen molar-refractivity contribution in [1.82, 2.24) is 20.0 Å². The Morgan fingerprint density at radius 3 is 2.72 bits per heavy atom. The number of amides is 2. The highest BCUT2D eigenvalue weighted by molar-refractivity contribution is 7.13. The third kappa shape index (κ3) is 5.14. The van der Waals surface area contributed by atoms with Gasteiger partial charge in [0.05, 0.1) is 17.5 Å². The van der Waals surface area contributed by atoms with Crippen molar-refractivity contribution in [2.24, 2.45) is 7.05 Å². The SMILES string of the molecule is COCCN1C[C@@H](NC(=O)Nc2cc(-c3cccs3)nn2C)[C@H](c2cc(F)cc(F)c2)C1. The average molecular weight is 462 g/mol. The summed E-state index contributed by atoms with van der Waals surface area (Å²) in [5.41, 5.74) is 1.30. The van der Waals surface area contributed by atoms with Gasteiger partial charge < -0.3 is 10.1 Å². The number of urea groups is 1. The predicted octanol–water partition coefficient (Wildman–Crippen LogP) is 3.66. The molecule has 1 aliphatic heterocycles. The van der Waals surface area contributed by atoms with Crippen LogP contribution in [0.5, 0.6) is 0 Å². The topological polar surface area (TPSA) is 71.4 Å². The number of aryl methyl sites for hydroxylation is 1. The molecular formula is C22H25F2N5O2S. The fraction of sp³-hybridized carbons (Fsp3) is 0.364. The number of hydrogen-bond acceptors (Lipinski definition) is 5. The van der Waals surface area contributed by atoms with Gasteiger partial charge in [0.15, 0.2) is 0 Å². The van der Waals surface area contributed by atoms with E-state index in [2.05, 4.69) is 20.6 Å². The van der Waals surface area contributed by atoms with Gasteiger partial charge in [0, 0.05) is 51.8 Å². The van der Waals surface area contributed by atoms with Crippen LogP contribution in [-0.4, -0.2) is 60.1 Å². The molecule has 7 nitrogen and oxygen atoms in total. The number of methoxy groups -OCH3 is 1. The molecule has 2 amide bonds. The molecule has 10 heteroatoms. The van der Waals surface area contributed by atoms with Gasteiger partial charge in [0.2, 0.25) is 0 Å². The maximum atomic E-state index is 13.8. The Bertz CT molecular complexity index is 1050. The molecule has 2 atom stereocenters. The van der Waals surface area contributed by atoms with E-state index in [0.29, 0.717) is 37.6 Å². The molecule has 0 unspecified atom stereocenters. The smallest absolute Gasteiger partial charge is 0.320 e. The average Bonchev–Trinajstić information content (AvgIpc) is 3.47. The van der Waals surface area contributed by atoms with Crippen LogP contribution in [0, 0.1) is 11.6 Å². The van der Waals surface area contributed by atoms with Crippen molar-refractivity contribution in [3.8, 4) is 10.6 Å². The minimum absolute atomic E-state index is 0.254. The van der Waals surface area contributed by atoms with Gasteiger partial charge in [-0.15, -0.1) is 11.3 Å². The second kappa shape index (κ2) is 9.76. The van der Waals surface area contributed by atoms with E-state index in [1.807, 2.05) is 23.6 Å². The standard InChI is InChI=1S/C22H25F2N5O2S/c1-28-21(11-18(27-28)20-4-3-7-32-20)26-22(30)25-19-13-29(5-6-31-2)12-17(19)14-8-15(23)10-16(24)9-14/h3-4,7-11,17,19H,5-6,12-13H2,1-2H3,(H2,25,26,30)/t17-,19+/m0/s1. The lowest BCUT2D eigenvalue weighted by Gasteiger charge is -2.20. The quantitative estimate of drug-likeness (QED) is 0.563. The summed E-state index contributed by atoms with van der Waals surface area (Å²) in [6.45, 7) is 2.30. The molecule has 32 heavy (non-hydrogen) atoms. The van der Waals surface area contributed by atoms with E-state index in [1.165, 1.54) is 12.1 Å². The van der Waals surface area contributed by atoms with Crippen LogP contribution in [-0.2, 0) is 11.8 Å². The van der Waals surface area contributed by atoms with Gasteiger partial charge in [0.1, 0.15) is 23.1 Å². The van der Waals surface area contributed by atoms with Gasteiger partial charge in [-0.1, -0.05) is 6.07 Å². The molecule has 2 aromatic heterocycles. The Hall–Kier alpha value is -2.82. The zero-order chi connectivity index (χ0) is 22.7. The number of benzene rings is 1. The fourth-order valence-electron chi connectivity index (χ4n) is 4.01. The summed E-state index contributed by atoms with van der Waals surface area (Å²) in [6, 6.07) is 8.51. The lowest BCUT2D eigenvalue weighted by Crippen LogP contribution is -2.42. The molecule has 1 fully saturated rings. The molecule has 4 rings (SSSR count). The van der Waals surface area contributed by atoms with Crippen LogP contribution in [0.4, 0.5) is 19.4 Å². The van der Waals surface area contributed by atoms with Crippen LogP contribution in [0.1, 0.15) is 11.5 Å². The van der Waals surface area contributed by atoms with E-state index in [0.717, 1.165) is 16.6 Å². The van der Waals surface area contributed by atoms with Gasteiger partial charge >= 0.3 is 6.03 Å². The van der Waals surface area contributed by atoms with Crippen LogP contribution in [0.25, 0.3) is 10.6 Å². The Kier molecular flexibility index (Phi) is 6.83. The van der Waals surface area contributed by atoms with Crippen molar-refractivity contribution in [2.45, 2.75) is 12.0 Å². The number of anilines is 1. The van der Waals surface area contributed by atoms with Crippen molar-refractivity contribution in [2.75, 3.05) is 38.7 Å². The van der Waals surface area contributed by atoms with Gasteiger partial charge in [-0.3, -0.25) is 14.9 Å². The number of rotatable bonds is 7. The number of nitrogens with zero attached hydrogens (tertiary/aromatic N) is 3. The van der Waals surface area contributed by atoms with E-state index in [-0.39, 0.29) is 12.0 Å². The number of carbonyl (C=O) groups excluding carboxylic acids is 1. The molecule has 1 saturated heterocycles. The lowest BCUT2D eigenvalue weighted by atomic mass is 9.94. The van der Waals surface area contributed by atoms with E-state index >= 15 is 0 Å². The summed E-state index contributed by atoms with van der Waals surface area (Å²) in [4.78, 5) is 15.9. The van der Waals surface area contributed by atoms with Gasteiger partial charge in [-0.25, -0.2) is 13.6 Å². The van der Waals surface area contributed by atoms with Crippen LogP contribution in [0.2, 0.25) is 0 Å². The zero-order valence-corrected chi connectivity index (χ0v) is 18.7. The van der Waals surface area contributed by atoms with E-state index in [1.54, 1.807) is 30.2 Å². The first-order valence-corrected chi connectivity index (χ1v) is 11.1. The third-order valence-electron chi connectivity index (χ3n) is 5.53. The van der Waals surface area contributed by atoms with Gasteiger partial charge in [-0.05, 0) is 29.1 Å². The number of carbonyl (C=O) groups is 1. The first kappa shape index (κ1) is 22.4. The molecule has 0 bridgehead atoms. The summed E-state index contributed by atoms with van der Waals surface area (Å²) in [5.74, 6) is -0.964. The first-order chi connectivity index (χ1) is 15.4. The Labute approximate surface area is 189 Å². The highest BCUT2D eigenvalue weighted by Gasteiger charge is 2.35. The molecule has 170 valence electrons. The highest BCUT2D eigenvalue weighted by atomic mass is 32.1. The largest absolute Gasteiger partial charge is 0.383 e. The normalized spacial score (nSPS) is 18.8. The zero-order valence-electron chi connectivity index (χ0n) is 17.8. The molecule has 2 N–H and O–H groups in total. The van der Waals surface area contributed by atoms with Gasteiger partial charge in [-0.2, -0.15) is 5.10 Å². The van der Waals surface area contributed by atoms with E-state index in [4.69, 9.17) is 4.74 Å². The number of hydrogen-bond donors (Lipinski definition) is 2. The number of thiophene rings is 1. The number of aromatic nitrogens is 2. The van der Waals surface area contributed by atoms with Crippen molar-refractivity contribution in [1.29, 1.82) is 0 Å². The van der Waals surface area contributed by atoms with E-state index < -0.39 is 17.7 Å². The summed E-state index contributed by atoms with van der Waals surface area (Å²) in [6.07, 6.45) is 0. The van der Waals surface area contributed by atoms with Crippen molar-refractivity contribution >= 4 is 23.2 Å². The first-order valence-electron chi connectivity index (χ1n) is 10.3. The third-order valence-corrected chi connectivity index (χ3v) is 6.42. The highest BCUT2D eigenvalue weighted by Crippen LogP contribution is 2.29. The van der Waals surface area contributed by atoms with E-state index in [9.17, 15) is 13.6 Å². The molecule has 1 aromatic carbocycles. The maximum Gasteiger partial charge on any atom is 0.320 e. The van der Waals surface area contributed by atoms with Crippen LogP contribution >= 0.6 is 11.3 Å². The molecule has 0 aliphatic carbocycles.